The molecule has 26 heavy (non-hydrogen) atoms. The van der Waals surface area contributed by atoms with Gasteiger partial charge in [-0.3, -0.25) is 14.8 Å². The van der Waals surface area contributed by atoms with Crippen LogP contribution >= 0.6 is 0 Å². The molecule has 0 unspecified atom stereocenters. The van der Waals surface area contributed by atoms with E-state index >= 15 is 0 Å². The number of nitrogens with zero attached hydrogens (tertiary/aromatic N) is 3. The zero-order valence-corrected chi connectivity index (χ0v) is 14.7. The molecule has 0 spiro atoms. The van der Waals surface area contributed by atoms with Gasteiger partial charge in [-0.2, -0.15) is 0 Å². The Morgan fingerprint density at radius 1 is 1.54 bits per heavy atom. The lowest BCUT2D eigenvalue weighted by atomic mass is 10.1. The summed E-state index contributed by atoms with van der Waals surface area (Å²) in [7, 11) is 0. The molecule has 1 aromatic carbocycles. The van der Waals surface area contributed by atoms with E-state index in [4.69, 9.17) is 11.1 Å². The Morgan fingerprint density at radius 3 is 2.81 bits per heavy atom. The van der Waals surface area contributed by atoms with Gasteiger partial charge >= 0.3 is 0 Å². The summed E-state index contributed by atoms with van der Waals surface area (Å²) in [5.74, 6) is -0.957. The number of nitrogens with two attached hydrogens (primary N) is 1. The van der Waals surface area contributed by atoms with Crippen molar-refractivity contribution in [3.63, 3.8) is 0 Å². The monoisotopic (exact) mass is 356 g/mol. The van der Waals surface area contributed by atoms with E-state index in [0.29, 0.717) is 29.3 Å². The summed E-state index contributed by atoms with van der Waals surface area (Å²) in [6, 6.07) is 4.28. The number of rotatable bonds is 7. The molecule has 1 aromatic heterocycles. The Hall–Kier alpha value is -3.29. The molecule has 7 nitrogen and oxygen atoms in total. The van der Waals surface area contributed by atoms with Crippen molar-refractivity contribution in [2.45, 2.75) is 26.8 Å². The summed E-state index contributed by atoms with van der Waals surface area (Å²) in [5.41, 5.74) is 6.85. The quantitative estimate of drug-likeness (QED) is 0.524. The lowest BCUT2D eigenvalue weighted by Crippen LogP contribution is -2.26. The predicted molar refractivity (Wildman–Crippen MR) is 100 cm³/mol. The van der Waals surface area contributed by atoms with Gasteiger partial charge in [0.2, 0.25) is 5.95 Å². The average molecular weight is 356 g/mol. The third-order valence-corrected chi connectivity index (χ3v) is 3.73. The lowest BCUT2D eigenvalue weighted by Gasteiger charge is -2.09. The molecule has 1 amide bonds. The van der Waals surface area contributed by atoms with Gasteiger partial charge in [0.05, 0.1) is 11.3 Å². The Balaban J connectivity index is 2.25. The fourth-order valence-corrected chi connectivity index (χ4v) is 2.51. The van der Waals surface area contributed by atoms with E-state index in [2.05, 4.69) is 22.0 Å². The second kappa shape index (κ2) is 8.19. The molecule has 8 heteroatoms. The SMILES string of the molecule is C=Nc1nc(CC)c(C(=O)NCc2ccc(C(=N)N)c(F)c2)n1/C=C\C. The molecule has 4 N–H and O–H groups in total. The molecule has 2 rings (SSSR count). The summed E-state index contributed by atoms with van der Waals surface area (Å²) in [5, 5.41) is 10.1. The highest BCUT2D eigenvalue weighted by molar-refractivity contribution is 5.96. The topological polar surface area (TPSA) is 109 Å². The first-order valence-electron chi connectivity index (χ1n) is 8.04. The van der Waals surface area contributed by atoms with Crippen molar-refractivity contribution in [2.75, 3.05) is 0 Å². The number of hydrogen-bond donors (Lipinski definition) is 3. The molecule has 0 atom stereocenters. The van der Waals surface area contributed by atoms with Crippen molar-refractivity contribution in [2.24, 2.45) is 10.7 Å². The lowest BCUT2D eigenvalue weighted by molar-refractivity contribution is 0.0943. The van der Waals surface area contributed by atoms with Crippen LogP contribution in [-0.4, -0.2) is 28.0 Å². The number of hydrogen-bond acceptors (Lipinski definition) is 4. The van der Waals surface area contributed by atoms with Crippen LogP contribution in [-0.2, 0) is 13.0 Å². The molecule has 0 aliphatic carbocycles. The van der Waals surface area contributed by atoms with Gasteiger partial charge in [-0.25, -0.2) is 14.4 Å². The van der Waals surface area contributed by atoms with Crippen LogP contribution in [0, 0.1) is 11.2 Å². The average Bonchev–Trinajstić information content (AvgIpc) is 2.97. The number of benzene rings is 1. The van der Waals surface area contributed by atoms with Crippen molar-refractivity contribution < 1.29 is 9.18 Å². The number of allylic oxidation sites excluding steroid dienone is 1. The number of aliphatic imine (C=N–C) groups is 1. The van der Waals surface area contributed by atoms with Crippen LogP contribution in [0.25, 0.3) is 6.20 Å². The van der Waals surface area contributed by atoms with E-state index in [1.165, 1.54) is 12.1 Å². The number of imidazole rings is 1. The second-order valence-corrected chi connectivity index (χ2v) is 5.48. The van der Waals surface area contributed by atoms with E-state index in [1.807, 2.05) is 13.8 Å². The molecule has 0 bridgehead atoms. The summed E-state index contributed by atoms with van der Waals surface area (Å²) >= 11 is 0. The third kappa shape index (κ3) is 3.85. The molecule has 1 heterocycles. The molecule has 2 aromatic rings. The summed E-state index contributed by atoms with van der Waals surface area (Å²) in [6.45, 7) is 7.31. The van der Waals surface area contributed by atoms with Gasteiger partial charge in [0.25, 0.3) is 5.91 Å². The fourth-order valence-electron chi connectivity index (χ4n) is 2.51. The standard InChI is InChI=1S/C18H21FN6O/c1-4-8-25-15(14(5-2)24-18(25)22-3)17(26)23-10-11-6-7-12(16(20)21)13(19)9-11/h4,6-9H,3,5,10H2,1-2H3,(H3,20,21)(H,23,26)/b8-4-. The Bertz CT molecular complexity index is 884. The zero-order chi connectivity index (χ0) is 19.3. The number of halogens is 1. The van der Waals surface area contributed by atoms with Crippen molar-refractivity contribution in [3.8, 4) is 0 Å². The van der Waals surface area contributed by atoms with Gasteiger partial charge < -0.3 is 11.1 Å². The molecule has 0 aliphatic heterocycles. The van der Waals surface area contributed by atoms with Gasteiger partial charge in [0, 0.05) is 12.7 Å². The Kier molecular flexibility index (Phi) is 6.00. The highest BCUT2D eigenvalue weighted by Crippen LogP contribution is 2.20. The maximum absolute atomic E-state index is 13.9. The molecule has 0 fully saturated rings. The molecule has 0 saturated heterocycles. The van der Waals surface area contributed by atoms with E-state index in [0.717, 1.165) is 0 Å². The Labute approximate surface area is 151 Å². The maximum atomic E-state index is 13.9. The number of amidine groups is 1. The van der Waals surface area contributed by atoms with Crippen LogP contribution in [0.3, 0.4) is 0 Å². The number of aryl methyl sites for hydroxylation is 1. The van der Waals surface area contributed by atoms with Crippen LogP contribution in [0.4, 0.5) is 10.3 Å². The van der Waals surface area contributed by atoms with Crippen LogP contribution < -0.4 is 11.1 Å². The van der Waals surface area contributed by atoms with E-state index in [1.54, 1.807) is 22.9 Å². The zero-order valence-electron chi connectivity index (χ0n) is 14.7. The minimum atomic E-state index is -0.601. The smallest absolute Gasteiger partial charge is 0.270 e. The fraction of sp³-hybridized carbons (Fsp3) is 0.222. The van der Waals surface area contributed by atoms with E-state index in [9.17, 15) is 9.18 Å². The van der Waals surface area contributed by atoms with Gasteiger partial charge in [-0.05, 0) is 37.8 Å². The summed E-state index contributed by atoms with van der Waals surface area (Å²) < 4.78 is 15.5. The number of aromatic nitrogens is 2. The first kappa shape index (κ1) is 19.0. The van der Waals surface area contributed by atoms with Gasteiger partial charge in [-0.1, -0.05) is 19.1 Å². The number of carbonyl (C=O) groups excluding carboxylic acids is 1. The van der Waals surface area contributed by atoms with Gasteiger partial charge in [0.1, 0.15) is 17.3 Å². The maximum Gasteiger partial charge on any atom is 0.270 e. The number of amides is 1. The molecule has 136 valence electrons. The molecular weight excluding hydrogens is 335 g/mol. The van der Waals surface area contributed by atoms with Gasteiger partial charge in [0.15, 0.2) is 0 Å². The van der Waals surface area contributed by atoms with Crippen LogP contribution in [0.1, 0.15) is 41.2 Å². The number of nitrogen functional groups attached to an aromatic ring is 1. The van der Waals surface area contributed by atoms with Crippen LogP contribution in [0.2, 0.25) is 0 Å². The highest BCUT2D eigenvalue weighted by Gasteiger charge is 2.20. The third-order valence-electron chi connectivity index (χ3n) is 3.73. The summed E-state index contributed by atoms with van der Waals surface area (Å²) in [4.78, 5) is 20.8. The predicted octanol–water partition coefficient (Wildman–Crippen LogP) is 2.62. The number of nitrogens with one attached hydrogen (secondary N) is 2. The minimum Gasteiger partial charge on any atom is -0.384 e. The Morgan fingerprint density at radius 2 is 2.27 bits per heavy atom. The molecule has 0 radical (unpaired) electrons. The van der Waals surface area contributed by atoms with Crippen molar-refractivity contribution in [1.82, 2.24) is 14.9 Å². The first-order valence-corrected chi connectivity index (χ1v) is 8.04. The van der Waals surface area contributed by atoms with Gasteiger partial charge in [-0.15, -0.1) is 0 Å². The van der Waals surface area contributed by atoms with Crippen LogP contribution in [0.5, 0.6) is 0 Å². The van der Waals surface area contributed by atoms with Crippen molar-refractivity contribution >= 4 is 30.6 Å². The largest absolute Gasteiger partial charge is 0.384 e. The molecular formula is C18H21FN6O. The second-order valence-electron chi connectivity index (χ2n) is 5.48. The molecule has 0 saturated carbocycles. The number of carbonyl (C=O) groups is 1. The summed E-state index contributed by atoms with van der Waals surface area (Å²) in [6.07, 6.45) is 4.01. The van der Waals surface area contributed by atoms with Crippen molar-refractivity contribution in [1.29, 1.82) is 5.41 Å². The van der Waals surface area contributed by atoms with E-state index in [-0.39, 0.29) is 23.9 Å². The highest BCUT2D eigenvalue weighted by atomic mass is 19.1. The molecule has 0 aliphatic rings. The van der Waals surface area contributed by atoms with E-state index < -0.39 is 5.82 Å². The van der Waals surface area contributed by atoms with Crippen LogP contribution in [0.15, 0.2) is 29.3 Å². The minimum absolute atomic E-state index is 0.0289. The normalized spacial score (nSPS) is 10.9. The first-order chi connectivity index (χ1) is 12.4. The van der Waals surface area contributed by atoms with Crippen molar-refractivity contribution in [3.05, 3.63) is 52.6 Å².